The van der Waals surface area contributed by atoms with Gasteiger partial charge in [-0.25, -0.2) is 0 Å². The van der Waals surface area contributed by atoms with Gasteiger partial charge in [-0.3, -0.25) is 9.63 Å². The number of primary amides is 1. The molecular weight excluding hydrogens is 504 g/mol. The summed E-state index contributed by atoms with van der Waals surface area (Å²) in [5, 5.41) is 19.7. The van der Waals surface area contributed by atoms with E-state index in [0.717, 1.165) is 57.9 Å². The molecule has 8 atom stereocenters. The molecule has 0 spiro atoms. The van der Waals surface area contributed by atoms with E-state index < -0.39 is 0 Å². The molecule has 4 N–H and O–H groups in total. The van der Waals surface area contributed by atoms with Crippen molar-refractivity contribution in [3.8, 4) is 0 Å². The number of hydroxylamine groups is 2. The van der Waals surface area contributed by atoms with E-state index in [1.54, 1.807) is 0 Å². The number of carbonyl (C=O) groups excluding carboxylic acids is 1. The highest BCUT2D eigenvalue weighted by atomic mass is 16.7. The maximum Gasteiger partial charge on any atom is 0.204 e. The number of carbonyl (C=O) groups is 1. The predicted molar refractivity (Wildman–Crippen MR) is 164 cm³/mol. The lowest BCUT2D eigenvalue weighted by atomic mass is 9.62. The molecule has 0 radical (unpaired) electrons. The first kappa shape index (κ1) is 37.3. The number of ether oxygens (including phenoxy) is 1. The average molecular weight is 571 g/mol. The quantitative estimate of drug-likeness (QED) is 0.355. The number of nitrogens with two attached hydrogens (primary N) is 1. The topological polar surface area (TPSA) is 105 Å². The van der Waals surface area contributed by atoms with E-state index in [0.29, 0.717) is 35.2 Å². The Labute approximate surface area is 246 Å². The van der Waals surface area contributed by atoms with E-state index in [4.69, 9.17) is 19.5 Å². The molecule has 40 heavy (non-hydrogen) atoms. The van der Waals surface area contributed by atoms with Gasteiger partial charge in [0.05, 0.1) is 18.8 Å². The summed E-state index contributed by atoms with van der Waals surface area (Å²) in [5.74, 6) is 4.26. The molecule has 1 amide bonds. The van der Waals surface area contributed by atoms with Crippen molar-refractivity contribution in [1.29, 1.82) is 0 Å². The van der Waals surface area contributed by atoms with E-state index in [2.05, 4.69) is 59.3 Å². The molecule has 8 unspecified atom stereocenters. The number of aliphatic hydroxyl groups is 2. The molecule has 7 nitrogen and oxygen atoms in total. The molecule has 0 bridgehead atoms. The van der Waals surface area contributed by atoms with Crippen LogP contribution in [0.1, 0.15) is 113 Å². The van der Waals surface area contributed by atoms with Gasteiger partial charge in [0.2, 0.25) is 6.41 Å². The SMILES string of the molecule is CC1CCC(C)C(C)(C)C1.CO.COC1C(CN2CCCO2)CCCC1C1CC(O)CC(C(C)(C)C)C1.NC=O. The summed E-state index contributed by atoms with van der Waals surface area (Å²) in [7, 11) is 2.89. The number of hydrogen-bond acceptors (Lipinski definition) is 6. The molecule has 3 aliphatic carbocycles. The molecule has 0 aromatic carbocycles. The number of amides is 1. The van der Waals surface area contributed by atoms with Crippen LogP contribution in [-0.2, 0) is 14.4 Å². The number of rotatable bonds is 4. The van der Waals surface area contributed by atoms with E-state index in [-0.39, 0.29) is 17.9 Å². The lowest BCUT2D eigenvalue weighted by molar-refractivity contribution is -0.145. The lowest BCUT2D eigenvalue weighted by Gasteiger charge is -2.47. The summed E-state index contributed by atoms with van der Waals surface area (Å²) in [6.45, 7) is 19.5. The highest BCUT2D eigenvalue weighted by Gasteiger charge is 2.43. The molecule has 3 saturated carbocycles. The van der Waals surface area contributed by atoms with Gasteiger partial charge < -0.3 is 20.7 Å². The van der Waals surface area contributed by atoms with Crippen molar-refractivity contribution in [2.75, 3.05) is 33.9 Å². The maximum absolute atomic E-state index is 10.5. The molecule has 1 saturated heterocycles. The minimum absolute atomic E-state index is 0.136. The fourth-order valence-corrected chi connectivity index (χ4v) is 7.78. The molecule has 4 rings (SSSR count). The standard InChI is InChI=1S/C21H39NO3.C10H20.CH3NO.CH4O/c1-21(2,3)17-11-16(12-18(23)13-17)19-8-5-7-15(20(19)24-4)14-22-9-6-10-25-22;1-8-5-6-9(2)10(3,4)7-8;2-1-3;1-2/h15-20,23H,5-14H2,1-4H3;8-9H,5-7H2,1-4H3;1H,(H2,2,3);2H,1H3. The Kier molecular flexibility index (Phi) is 16.8. The second kappa shape index (κ2) is 18.0. The highest BCUT2D eigenvalue weighted by molar-refractivity contribution is 5.42. The van der Waals surface area contributed by atoms with Crippen LogP contribution in [0.15, 0.2) is 0 Å². The maximum atomic E-state index is 10.5. The fourth-order valence-electron chi connectivity index (χ4n) is 7.78. The summed E-state index contributed by atoms with van der Waals surface area (Å²) in [6.07, 6.45) is 12.9. The lowest BCUT2D eigenvalue weighted by Crippen LogP contribution is -2.46. The zero-order valence-corrected chi connectivity index (χ0v) is 27.5. The molecule has 1 heterocycles. The predicted octanol–water partition coefficient (Wildman–Crippen LogP) is 6.06. The normalized spacial score (nSPS) is 36.1. The van der Waals surface area contributed by atoms with Gasteiger partial charge in [-0.05, 0) is 91.8 Å². The van der Waals surface area contributed by atoms with Gasteiger partial charge in [-0.2, -0.15) is 5.06 Å². The summed E-state index contributed by atoms with van der Waals surface area (Å²) < 4.78 is 6.07. The fraction of sp³-hybridized carbons (Fsp3) is 0.970. The average Bonchev–Trinajstić information content (AvgIpc) is 3.40. The van der Waals surface area contributed by atoms with Crippen molar-refractivity contribution in [3.05, 3.63) is 0 Å². The van der Waals surface area contributed by atoms with Gasteiger partial charge in [-0.15, -0.1) is 0 Å². The van der Waals surface area contributed by atoms with Crippen molar-refractivity contribution < 1.29 is 24.6 Å². The zero-order chi connectivity index (χ0) is 30.5. The Hall–Kier alpha value is -0.730. The Morgan fingerprint density at radius 3 is 2.20 bits per heavy atom. The minimum atomic E-state index is -0.136. The van der Waals surface area contributed by atoms with Gasteiger partial charge in [0.25, 0.3) is 0 Å². The van der Waals surface area contributed by atoms with Gasteiger partial charge >= 0.3 is 0 Å². The molecule has 1 aliphatic heterocycles. The van der Waals surface area contributed by atoms with Crippen LogP contribution in [0.3, 0.4) is 0 Å². The first-order valence-corrected chi connectivity index (χ1v) is 16.0. The summed E-state index contributed by atoms with van der Waals surface area (Å²) in [5.41, 5.74) is 5.05. The minimum Gasteiger partial charge on any atom is -0.400 e. The van der Waals surface area contributed by atoms with Crippen molar-refractivity contribution >= 4 is 6.41 Å². The first-order valence-electron chi connectivity index (χ1n) is 16.0. The summed E-state index contributed by atoms with van der Waals surface area (Å²) in [6, 6.07) is 0. The van der Waals surface area contributed by atoms with Gasteiger partial charge in [0.1, 0.15) is 0 Å². The first-order chi connectivity index (χ1) is 18.8. The largest absolute Gasteiger partial charge is 0.400 e. The third kappa shape index (κ3) is 11.9. The van der Waals surface area contributed by atoms with Crippen LogP contribution in [0.4, 0.5) is 0 Å². The van der Waals surface area contributed by atoms with Gasteiger partial charge in [0, 0.05) is 33.2 Å². The van der Waals surface area contributed by atoms with Crippen LogP contribution in [-0.4, -0.2) is 67.8 Å². The molecule has 0 aromatic heterocycles. The van der Waals surface area contributed by atoms with E-state index in [1.165, 1.54) is 44.9 Å². The summed E-state index contributed by atoms with van der Waals surface area (Å²) in [4.78, 5) is 14.3. The van der Waals surface area contributed by atoms with Crippen LogP contribution < -0.4 is 5.73 Å². The third-order valence-electron chi connectivity index (χ3n) is 10.4. The van der Waals surface area contributed by atoms with Gasteiger partial charge in [0.15, 0.2) is 0 Å². The van der Waals surface area contributed by atoms with E-state index in [1.807, 2.05) is 7.11 Å². The van der Waals surface area contributed by atoms with Crippen LogP contribution in [0, 0.1) is 46.3 Å². The van der Waals surface area contributed by atoms with Gasteiger partial charge in [-0.1, -0.05) is 61.3 Å². The van der Waals surface area contributed by atoms with Crippen LogP contribution in [0.25, 0.3) is 0 Å². The van der Waals surface area contributed by atoms with Crippen molar-refractivity contribution in [3.63, 3.8) is 0 Å². The second-order valence-electron chi connectivity index (χ2n) is 14.7. The number of methoxy groups -OCH3 is 1. The van der Waals surface area contributed by atoms with Crippen molar-refractivity contribution in [2.24, 2.45) is 52.1 Å². The van der Waals surface area contributed by atoms with Crippen molar-refractivity contribution in [2.45, 2.75) is 125 Å². The molecular formula is C33H66N2O5. The van der Waals surface area contributed by atoms with E-state index >= 15 is 0 Å². The van der Waals surface area contributed by atoms with Crippen LogP contribution in [0.2, 0.25) is 0 Å². The molecule has 238 valence electrons. The molecule has 4 aliphatic rings. The Bertz CT molecular complexity index is 676. The monoisotopic (exact) mass is 570 g/mol. The Morgan fingerprint density at radius 1 is 1.05 bits per heavy atom. The third-order valence-corrected chi connectivity index (χ3v) is 10.4. The highest BCUT2D eigenvalue weighted by Crippen LogP contribution is 2.47. The van der Waals surface area contributed by atoms with Crippen molar-refractivity contribution in [1.82, 2.24) is 5.06 Å². The molecule has 7 heteroatoms. The number of hydrogen-bond donors (Lipinski definition) is 3. The second-order valence-corrected chi connectivity index (χ2v) is 14.7. The Balaban J connectivity index is 0.000000443. The number of aliphatic hydroxyl groups excluding tert-OH is 2. The Morgan fingerprint density at radius 2 is 1.70 bits per heavy atom. The zero-order valence-electron chi connectivity index (χ0n) is 27.5. The van der Waals surface area contributed by atoms with Crippen LogP contribution in [0.5, 0.6) is 0 Å². The molecule has 0 aromatic rings. The van der Waals surface area contributed by atoms with Crippen LogP contribution >= 0.6 is 0 Å². The molecule has 4 fully saturated rings. The summed E-state index contributed by atoms with van der Waals surface area (Å²) >= 11 is 0. The smallest absolute Gasteiger partial charge is 0.204 e. The van der Waals surface area contributed by atoms with E-state index in [9.17, 15) is 5.11 Å². The number of nitrogens with zero attached hydrogens (tertiary/aromatic N) is 1.